The second kappa shape index (κ2) is 5.84. The molecule has 0 amide bonds. The SMILES string of the molecule is COc1ccc(C2CCOCC2)cc1C(=O)C(=O)O. The summed E-state index contributed by atoms with van der Waals surface area (Å²) < 4.78 is 10.3. The van der Waals surface area contributed by atoms with Crippen molar-refractivity contribution in [2.75, 3.05) is 20.3 Å². The van der Waals surface area contributed by atoms with Gasteiger partial charge in [-0.25, -0.2) is 4.79 Å². The van der Waals surface area contributed by atoms with E-state index in [0.29, 0.717) is 24.9 Å². The van der Waals surface area contributed by atoms with E-state index in [1.54, 1.807) is 12.1 Å². The zero-order chi connectivity index (χ0) is 13.8. The Kier molecular flexibility index (Phi) is 4.16. The Morgan fingerprint density at radius 2 is 2.00 bits per heavy atom. The summed E-state index contributed by atoms with van der Waals surface area (Å²) in [4.78, 5) is 22.5. The Balaban J connectivity index is 2.34. The third-order valence-electron chi connectivity index (χ3n) is 3.36. The molecule has 102 valence electrons. The number of ether oxygens (including phenoxy) is 2. The molecule has 2 rings (SSSR count). The van der Waals surface area contributed by atoms with E-state index in [9.17, 15) is 9.59 Å². The van der Waals surface area contributed by atoms with Crippen molar-refractivity contribution in [1.82, 2.24) is 0 Å². The van der Waals surface area contributed by atoms with Crippen molar-refractivity contribution in [3.8, 4) is 5.75 Å². The van der Waals surface area contributed by atoms with Crippen LogP contribution in [0, 0.1) is 0 Å². The van der Waals surface area contributed by atoms with Crippen molar-refractivity contribution in [1.29, 1.82) is 0 Å². The van der Waals surface area contributed by atoms with Gasteiger partial charge < -0.3 is 14.6 Å². The van der Waals surface area contributed by atoms with E-state index in [-0.39, 0.29) is 5.56 Å². The van der Waals surface area contributed by atoms with Crippen LogP contribution in [0.1, 0.15) is 34.7 Å². The molecule has 1 heterocycles. The Morgan fingerprint density at radius 1 is 1.32 bits per heavy atom. The fourth-order valence-corrected chi connectivity index (χ4v) is 2.30. The van der Waals surface area contributed by atoms with Crippen LogP contribution in [0.5, 0.6) is 5.75 Å². The summed E-state index contributed by atoms with van der Waals surface area (Å²) in [6.45, 7) is 1.39. The Morgan fingerprint density at radius 3 is 2.58 bits per heavy atom. The summed E-state index contributed by atoms with van der Waals surface area (Å²) in [7, 11) is 1.42. The standard InChI is InChI=1S/C14H16O5/c1-18-12-3-2-10(9-4-6-19-7-5-9)8-11(12)13(15)14(16)17/h2-3,8-9H,4-7H2,1H3,(H,16,17). The minimum Gasteiger partial charge on any atom is -0.496 e. The smallest absolute Gasteiger partial charge is 0.377 e. The fraction of sp³-hybridized carbons (Fsp3) is 0.429. The van der Waals surface area contributed by atoms with Gasteiger partial charge in [0.2, 0.25) is 0 Å². The molecule has 1 aliphatic heterocycles. The molecule has 1 aromatic carbocycles. The van der Waals surface area contributed by atoms with Crippen molar-refractivity contribution in [3.63, 3.8) is 0 Å². The van der Waals surface area contributed by atoms with Crippen LogP contribution in [0.3, 0.4) is 0 Å². The molecule has 0 atom stereocenters. The predicted octanol–water partition coefficient (Wildman–Crippen LogP) is 1.86. The fourth-order valence-electron chi connectivity index (χ4n) is 2.30. The number of hydrogen-bond acceptors (Lipinski definition) is 4. The number of Topliss-reactive ketones (excluding diaryl/α,β-unsaturated/α-hetero) is 1. The quantitative estimate of drug-likeness (QED) is 0.663. The van der Waals surface area contributed by atoms with E-state index in [0.717, 1.165) is 18.4 Å². The monoisotopic (exact) mass is 264 g/mol. The van der Waals surface area contributed by atoms with Gasteiger partial charge in [-0.05, 0) is 36.5 Å². The van der Waals surface area contributed by atoms with E-state index in [1.165, 1.54) is 7.11 Å². The van der Waals surface area contributed by atoms with Gasteiger partial charge in [0, 0.05) is 13.2 Å². The second-order valence-electron chi connectivity index (χ2n) is 4.48. The van der Waals surface area contributed by atoms with Crippen LogP contribution in [0.4, 0.5) is 0 Å². The van der Waals surface area contributed by atoms with Crippen LogP contribution >= 0.6 is 0 Å². The molecule has 1 aliphatic rings. The van der Waals surface area contributed by atoms with Crippen molar-refractivity contribution in [2.24, 2.45) is 0 Å². The number of aliphatic carboxylic acids is 1. The minimum atomic E-state index is -1.47. The summed E-state index contributed by atoms with van der Waals surface area (Å²) in [5.41, 5.74) is 1.08. The highest BCUT2D eigenvalue weighted by molar-refractivity contribution is 6.40. The number of carboxylic acid groups (broad SMARTS) is 1. The van der Waals surface area contributed by atoms with E-state index in [4.69, 9.17) is 14.6 Å². The van der Waals surface area contributed by atoms with E-state index >= 15 is 0 Å². The van der Waals surface area contributed by atoms with E-state index in [1.807, 2.05) is 6.07 Å². The summed E-state index contributed by atoms with van der Waals surface area (Å²) in [5, 5.41) is 8.83. The number of benzene rings is 1. The molecule has 19 heavy (non-hydrogen) atoms. The molecule has 5 nitrogen and oxygen atoms in total. The predicted molar refractivity (Wildman–Crippen MR) is 67.8 cm³/mol. The van der Waals surface area contributed by atoms with Crippen molar-refractivity contribution >= 4 is 11.8 Å². The summed E-state index contributed by atoms with van der Waals surface area (Å²) in [5.74, 6) is -1.81. The Hall–Kier alpha value is -1.88. The zero-order valence-electron chi connectivity index (χ0n) is 10.7. The molecule has 1 aromatic rings. The zero-order valence-corrected chi connectivity index (χ0v) is 10.7. The summed E-state index contributed by atoms with van der Waals surface area (Å²) >= 11 is 0. The topological polar surface area (TPSA) is 72.8 Å². The van der Waals surface area contributed by atoms with Gasteiger partial charge in [-0.3, -0.25) is 4.79 Å². The van der Waals surface area contributed by atoms with Gasteiger partial charge in [-0.15, -0.1) is 0 Å². The summed E-state index contributed by atoms with van der Waals surface area (Å²) in [6, 6.07) is 5.17. The maximum absolute atomic E-state index is 11.7. The van der Waals surface area contributed by atoms with Gasteiger partial charge in [0.05, 0.1) is 12.7 Å². The molecule has 1 N–H and O–H groups in total. The summed E-state index contributed by atoms with van der Waals surface area (Å²) in [6.07, 6.45) is 1.76. The first-order valence-electron chi connectivity index (χ1n) is 6.16. The molecule has 0 aliphatic carbocycles. The van der Waals surface area contributed by atoms with Crippen molar-refractivity contribution in [2.45, 2.75) is 18.8 Å². The maximum Gasteiger partial charge on any atom is 0.377 e. The molecule has 0 saturated carbocycles. The first-order valence-corrected chi connectivity index (χ1v) is 6.16. The minimum absolute atomic E-state index is 0.110. The van der Waals surface area contributed by atoms with Gasteiger partial charge in [-0.1, -0.05) is 6.07 Å². The Bertz CT molecular complexity index is 489. The van der Waals surface area contributed by atoms with Gasteiger partial charge in [0.15, 0.2) is 0 Å². The van der Waals surface area contributed by atoms with Crippen LogP contribution in [-0.4, -0.2) is 37.2 Å². The highest BCUT2D eigenvalue weighted by atomic mass is 16.5. The lowest BCUT2D eigenvalue weighted by molar-refractivity contribution is -0.131. The average Bonchev–Trinajstić information content (AvgIpc) is 2.46. The Labute approximate surface area is 111 Å². The molecule has 0 radical (unpaired) electrons. The van der Waals surface area contributed by atoms with Gasteiger partial charge in [-0.2, -0.15) is 0 Å². The number of ketones is 1. The lowest BCUT2D eigenvalue weighted by Gasteiger charge is -2.23. The molecule has 0 aromatic heterocycles. The average molecular weight is 264 g/mol. The molecule has 0 unspecified atom stereocenters. The second-order valence-corrected chi connectivity index (χ2v) is 4.48. The largest absolute Gasteiger partial charge is 0.496 e. The van der Waals surface area contributed by atoms with Gasteiger partial charge in [0.25, 0.3) is 5.78 Å². The van der Waals surface area contributed by atoms with Crippen molar-refractivity contribution < 1.29 is 24.2 Å². The molecule has 5 heteroatoms. The molecule has 0 bridgehead atoms. The van der Waals surface area contributed by atoms with Gasteiger partial charge in [0.1, 0.15) is 5.75 Å². The molecule has 0 spiro atoms. The number of methoxy groups -OCH3 is 1. The third-order valence-corrected chi connectivity index (χ3v) is 3.36. The van der Waals surface area contributed by atoms with E-state index in [2.05, 4.69) is 0 Å². The number of carbonyl (C=O) groups excluding carboxylic acids is 1. The highest BCUT2D eigenvalue weighted by Crippen LogP contribution is 2.30. The first-order chi connectivity index (χ1) is 9.13. The van der Waals surface area contributed by atoms with Crippen LogP contribution < -0.4 is 4.74 Å². The highest BCUT2D eigenvalue weighted by Gasteiger charge is 2.23. The number of hydrogen-bond donors (Lipinski definition) is 1. The molecule has 1 fully saturated rings. The first kappa shape index (κ1) is 13.5. The molecule has 1 saturated heterocycles. The maximum atomic E-state index is 11.7. The number of rotatable bonds is 4. The molecular weight excluding hydrogens is 248 g/mol. The lowest BCUT2D eigenvalue weighted by atomic mass is 9.90. The normalized spacial score (nSPS) is 16.1. The van der Waals surface area contributed by atoms with Crippen molar-refractivity contribution in [3.05, 3.63) is 29.3 Å². The number of carbonyl (C=O) groups is 2. The number of carboxylic acids is 1. The third kappa shape index (κ3) is 2.93. The van der Waals surface area contributed by atoms with E-state index < -0.39 is 11.8 Å². The lowest BCUT2D eigenvalue weighted by Crippen LogP contribution is -2.17. The molecular formula is C14H16O5. The van der Waals surface area contributed by atoms with Gasteiger partial charge >= 0.3 is 5.97 Å². The van der Waals surface area contributed by atoms with Crippen LogP contribution in [-0.2, 0) is 9.53 Å². The van der Waals surface area contributed by atoms with Crippen LogP contribution in [0.2, 0.25) is 0 Å². The van der Waals surface area contributed by atoms with Crippen LogP contribution in [0.25, 0.3) is 0 Å². The van der Waals surface area contributed by atoms with Crippen LogP contribution in [0.15, 0.2) is 18.2 Å².